The van der Waals surface area contributed by atoms with Gasteiger partial charge in [0.25, 0.3) is 5.24 Å². The Morgan fingerprint density at radius 1 is 1.08 bits per heavy atom. The summed E-state index contributed by atoms with van der Waals surface area (Å²) >= 11 is 1.08. The van der Waals surface area contributed by atoms with Gasteiger partial charge in [0.2, 0.25) is 5.91 Å². The molecule has 1 aliphatic heterocycles. The molecular formula is C20H18N2O2S. The van der Waals surface area contributed by atoms with Crippen LogP contribution in [0.2, 0.25) is 0 Å². The van der Waals surface area contributed by atoms with E-state index in [0.717, 1.165) is 28.2 Å². The van der Waals surface area contributed by atoms with Crippen LogP contribution in [0.4, 0.5) is 4.79 Å². The lowest BCUT2D eigenvalue weighted by Crippen LogP contribution is -2.25. The maximum absolute atomic E-state index is 11.9. The number of carbonyl (C=O) groups excluding carboxylic acids is 2. The van der Waals surface area contributed by atoms with Gasteiger partial charge in [0.05, 0.1) is 11.3 Å². The fraction of sp³-hybridized carbons (Fsp3) is 0.200. The average Bonchev–Trinajstić information content (AvgIpc) is 3.15. The van der Waals surface area contributed by atoms with Gasteiger partial charge in [0.1, 0.15) is 0 Å². The molecule has 0 saturated carbocycles. The van der Waals surface area contributed by atoms with Gasteiger partial charge in [0, 0.05) is 17.1 Å². The highest BCUT2D eigenvalue weighted by molar-refractivity contribution is 8.15. The summed E-state index contributed by atoms with van der Waals surface area (Å²) in [4.78, 5) is 23.4. The van der Waals surface area contributed by atoms with Crippen LogP contribution in [0.5, 0.6) is 0 Å². The van der Waals surface area contributed by atoms with E-state index in [0.29, 0.717) is 6.42 Å². The van der Waals surface area contributed by atoms with Gasteiger partial charge in [-0.3, -0.25) is 14.9 Å². The lowest BCUT2D eigenvalue weighted by molar-refractivity contribution is -0.118. The lowest BCUT2D eigenvalue weighted by atomic mass is 10.1. The highest BCUT2D eigenvalue weighted by atomic mass is 32.2. The highest BCUT2D eigenvalue weighted by Crippen LogP contribution is 2.31. The van der Waals surface area contributed by atoms with Gasteiger partial charge in [-0.05, 0) is 30.5 Å². The molecule has 0 radical (unpaired) electrons. The molecule has 4 rings (SSSR count). The minimum Gasteiger partial charge on any atom is -0.340 e. The zero-order valence-electron chi connectivity index (χ0n) is 13.8. The van der Waals surface area contributed by atoms with E-state index < -0.39 is 0 Å². The Morgan fingerprint density at radius 2 is 1.80 bits per heavy atom. The molecule has 1 saturated heterocycles. The molecule has 2 unspecified atom stereocenters. The Balaban J connectivity index is 1.74. The monoisotopic (exact) mass is 350 g/mol. The van der Waals surface area contributed by atoms with Gasteiger partial charge >= 0.3 is 0 Å². The molecule has 2 atom stereocenters. The number of fused-ring (bicyclic) bond motifs is 1. The predicted octanol–water partition coefficient (Wildman–Crippen LogP) is 4.14. The third-order valence-corrected chi connectivity index (χ3v) is 5.68. The van der Waals surface area contributed by atoms with E-state index in [-0.39, 0.29) is 22.4 Å². The predicted molar refractivity (Wildman–Crippen MR) is 101 cm³/mol. The van der Waals surface area contributed by atoms with E-state index in [4.69, 9.17) is 0 Å². The van der Waals surface area contributed by atoms with E-state index in [1.54, 1.807) is 0 Å². The van der Waals surface area contributed by atoms with Crippen molar-refractivity contribution in [1.29, 1.82) is 0 Å². The van der Waals surface area contributed by atoms with Crippen LogP contribution in [0.3, 0.4) is 0 Å². The number of carbonyl (C=O) groups is 2. The van der Waals surface area contributed by atoms with Crippen molar-refractivity contribution in [3.8, 4) is 0 Å². The number of para-hydroxylation sites is 1. The van der Waals surface area contributed by atoms with E-state index >= 15 is 0 Å². The minimum atomic E-state index is -0.348. The molecule has 0 bridgehead atoms. The summed E-state index contributed by atoms with van der Waals surface area (Å²) in [6, 6.07) is 18.8. The number of hydrogen-bond donors (Lipinski definition) is 1. The third kappa shape index (κ3) is 2.96. The molecule has 1 aromatic heterocycles. The smallest absolute Gasteiger partial charge is 0.286 e. The molecule has 1 aliphatic rings. The van der Waals surface area contributed by atoms with E-state index in [2.05, 4.69) is 47.3 Å². The van der Waals surface area contributed by atoms with E-state index in [1.807, 2.05) is 30.3 Å². The van der Waals surface area contributed by atoms with Gasteiger partial charge in [-0.1, -0.05) is 60.3 Å². The van der Waals surface area contributed by atoms with Crippen molar-refractivity contribution in [2.75, 3.05) is 0 Å². The minimum absolute atomic E-state index is 0.187. The van der Waals surface area contributed by atoms with Gasteiger partial charge in [0.15, 0.2) is 0 Å². The maximum Gasteiger partial charge on any atom is 0.286 e. The molecule has 1 fully saturated rings. The Kier molecular flexibility index (Phi) is 4.09. The normalized spacial score (nSPS) is 18.5. The molecule has 1 N–H and O–H groups in total. The first kappa shape index (κ1) is 16.0. The molecule has 0 spiro atoms. The number of benzene rings is 2. The topological polar surface area (TPSA) is 51.1 Å². The first-order valence-corrected chi connectivity index (χ1v) is 9.16. The fourth-order valence-corrected chi connectivity index (χ4v) is 4.23. The second kappa shape index (κ2) is 6.41. The van der Waals surface area contributed by atoms with Crippen molar-refractivity contribution >= 4 is 33.8 Å². The van der Waals surface area contributed by atoms with Crippen molar-refractivity contribution in [1.82, 2.24) is 9.88 Å². The number of nitrogens with one attached hydrogen (secondary N) is 1. The lowest BCUT2D eigenvalue weighted by Gasteiger charge is -2.15. The average molecular weight is 350 g/mol. The van der Waals surface area contributed by atoms with Crippen molar-refractivity contribution in [3.05, 3.63) is 71.9 Å². The molecular weight excluding hydrogens is 332 g/mol. The summed E-state index contributed by atoms with van der Waals surface area (Å²) in [5.41, 5.74) is 3.47. The Bertz CT molecular complexity index is 949. The Hall–Kier alpha value is -2.53. The number of amides is 2. The van der Waals surface area contributed by atoms with Gasteiger partial charge < -0.3 is 4.57 Å². The van der Waals surface area contributed by atoms with Crippen LogP contribution < -0.4 is 5.32 Å². The number of rotatable bonds is 4. The van der Waals surface area contributed by atoms with Crippen LogP contribution in [0.25, 0.3) is 10.9 Å². The van der Waals surface area contributed by atoms with Crippen LogP contribution in [-0.4, -0.2) is 21.0 Å². The first-order chi connectivity index (χ1) is 12.1. The molecule has 126 valence electrons. The van der Waals surface area contributed by atoms with Gasteiger partial charge in [-0.15, -0.1) is 0 Å². The standard InChI is InChI=1S/C20H18N2O2S/c1-13(14-7-3-2-4-8-14)22-12-15(16-9-5-6-10-17(16)22)11-18-19(23)21-20(24)25-18/h2-10,12-13,18H,11H2,1H3,(H,21,23,24). The van der Waals surface area contributed by atoms with E-state index in [1.165, 1.54) is 5.56 Å². The maximum atomic E-state index is 11.9. The molecule has 25 heavy (non-hydrogen) atoms. The quantitative estimate of drug-likeness (QED) is 0.769. The zero-order valence-corrected chi connectivity index (χ0v) is 14.6. The largest absolute Gasteiger partial charge is 0.340 e. The van der Waals surface area contributed by atoms with Gasteiger partial charge in [-0.25, -0.2) is 0 Å². The molecule has 5 heteroatoms. The van der Waals surface area contributed by atoms with Crippen LogP contribution in [0, 0.1) is 0 Å². The number of hydrogen-bond acceptors (Lipinski definition) is 3. The number of thioether (sulfide) groups is 1. The SMILES string of the molecule is CC(c1ccccc1)n1cc(CC2SC(=O)NC2=O)c2ccccc21. The zero-order chi connectivity index (χ0) is 17.4. The summed E-state index contributed by atoms with van der Waals surface area (Å²) in [5.74, 6) is -0.192. The van der Waals surface area contributed by atoms with Crippen LogP contribution in [-0.2, 0) is 11.2 Å². The number of nitrogens with zero attached hydrogens (tertiary/aromatic N) is 1. The summed E-state index contributed by atoms with van der Waals surface area (Å²) in [7, 11) is 0. The summed E-state index contributed by atoms with van der Waals surface area (Å²) < 4.78 is 2.25. The molecule has 3 aromatic rings. The van der Waals surface area contributed by atoms with Gasteiger partial charge in [-0.2, -0.15) is 0 Å². The number of imide groups is 1. The van der Waals surface area contributed by atoms with Crippen molar-refractivity contribution in [3.63, 3.8) is 0 Å². The molecule has 0 aliphatic carbocycles. The third-order valence-electron chi connectivity index (χ3n) is 4.69. The summed E-state index contributed by atoms with van der Waals surface area (Å²) in [6.45, 7) is 2.17. The molecule has 2 aromatic carbocycles. The van der Waals surface area contributed by atoms with Crippen LogP contribution >= 0.6 is 11.8 Å². The van der Waals surface area contributed by atoms with Crippen molar-refractivity contribution in [2.45, 2.75) is 24.6 Å². The van der Waals surface area contributed by atoms with Crippen LogP contribution in [0.15, 0.2) is 60.8 Å². The second-order valence-electron chi connectivity index (χ2n) is 6.25. The fourth-order valence-electron chi connectivity index (χ4n) is 3.38. The Morgan fingerprint density at radius 3 is 2.52 bits per heavy atom. The second-order valence-corrected chi connectivity index (χ2v) is 7.43. The Labute approximate surface area is 150 Å². The van der Waals surface area contributed by atoms with Crippen molar-refractivity contribution < 1.29 is 9.59 Å². The number of aromatic nitrogens is 1. The first-order valence-electron chi connectivity index (χ1n) is 8.28. The highest BCUT2D eigenvalue weighted by Gasteiger charge is 2.32. The van der Waals surface area contributed by atoms with E-state index in [9.17, 15) is 9.59 Å². The molecule has 4 nitrogen and oxygen atoms in total. The molecule has 2 heterocycles. The summed E-state index contributed by atoms with van der Waals surface area (Å²) in [5, 5.41) is 2.90. The summed E-state index contributed by atoms with van der Waals surface area (Å²) in [6.07, 6.45) is 2.68. The van der Waals surface area contributed by atoms with Crippen LogP contribution in [0.1, 0.15) is 24.1 Å². The van der Waals surface area contributed by atoms with Crippen molar-refractivity contribution in [2.24, 2.45) is 0 Å². The molecule has 2 amide bonds.